The maximum atomic E-state index is 9.98. The van der Waals surface area contributed by atoms with Crippen molar-refractivity contribution in [3.63, 3.8) is 0 Å². The second-order valence-corrected chi connectivity index (χ2v) is 1.89. The Labute approximate surface area is 54.1 Å². The predicted octanol–water partition coefficient (Wildman–Crippen LogP) is 1.64. The smallest absolute Gasteiger partial charge is 0.103 e. The van der Waals surface area contributed by atoms with Crippen LogP contribution in [-0.2, 0) is 11.5 Å². The summed E-state index contributed by atoms with van der Waals surface area (Å²) in [6, 6.07) is 3.72. The third kappa shape index (κ3) is 1.90. The molecule has 0 atom stereocenters. The number of hydrogen-bond acceptors (Lipinski definition) is 1. The largest absolute Gasteiger partial charge is 0.469 e. The van der Waals surface area contributed by atoms with Crippen molar-refractivity contribution < 1.29 is 9.52 Å². The summed E-state index contributed by atoms with van der Waals surface area (Å²) in [5.74, 6) is 0.908. The van der Waals surface area contributed by atoms with Crippen molar-refractivity contribution in [2.75, 3.05) is 6.61 Å². The van der Waals surface area contributed by atoms with Gasteiger partial charge in [0.25, 0.3) is 0 Å². The molecule has 0 saturated carbocycles. The molecule has 0 N–H and O–H groups in total. The van der Waals surface area contributed by atoms with E-state index in [1.54, 1.807) is 6.26 Å². The minimum atomic E-state index is -0.0132. The van der Waals surface area contributed by atoms with Gasteiger partial charge in [0.2, 0.25) is 0 Å². The molecule has 9 heavy (non-hydrogen) atoms. The van der Waals surface area contributed by atoms with Crippen molar-refractivity contribution in [3.8, 4) is 0 Å². The first-order valence-electron chi connectivity index (χ1n) is 3.04. The fraction of sp³-hybridized carbons (Fsp3) is 0.429. The van der Waals surface area contributed by atoms with Crippen molar-refractivity contribution >= 4 is 0 Å². The van der Waals surface area contributed by atoms with Crippen LogP contribution in [0.25, 0.3) is 0 Å². The first-order chi connectivity index (χ1) is 4.43. The van der Waals surface area contributed by atoms with Gasteiger partial charge < -0.3 is 4.42 Å². The maximum absolute atomic E-state index is 9.98. The molecule has 0 aliphatic heterocycles. The molecule has 0 spiro atoms. The highest BCUT2D eigenvalue weighted by molar-refractivity contribution is 4.97. The lowest BCUT2D eigenvalue weighted by atomic mass is 10.3. The Bertz CT molecular complexity index is 144. The van der Waals surface area contributed by atoms with Crippen LogP contribution in [0, 0.1) is 0 Å². The molecule has 2 nitrogen and oxygen atoms in total. The van der Waals surface area contributed by atoms with Gasteiger partial charge in [0, 0.05) is 6.42 Å². The Hall–Kier alpha value is -0.760. The average Bonchev–Trinajstić information content (AvgIpc) is 2.34. The van der Waals surface area contributed by atoms with Crippen molar-refractivity contribution in [1.29, 1.82) is 0 Å². The van der Waals surface area contributed by atoms with Gasteiger partial charge in [-0.1, -0.05) is 0 Å². The van der Waals surface area contributed by atoms with Gasteiger partial charge >= 0.3 is 0 Å². The van der Waals surface area contributed by atoms with Crippen molar-refractivity contribution in [3.05, 3.63) is 24.2 Å². The van der Waals surface area contributed by atoms with E-state index in [0.717, 1.165) is 12.2 Å². The van der Waals surface area contributed by atoms with Crippen molar-refractivity contribution in [2.24, 2.45) is 0 Å². The van der Waals surface area contributed by atoms with Crippen LogP contribution in [0.15, 0.2) is 22.8 Å². The van der Waals surface area contributed by atoms with Gasteiger partial charge in [-0.25, -0.2) is 5.11 Å². The van der Waals surface area contributed by atoms with Crippen LogP contribution in [0.3, 0.4) is 0 Å². The quantitative estimate of drug-likeness (QED) is 0.604. The number of furan rings is 1. The van der Waals surface area contributed by atoms with E-state index in [9.17, 15) is 5.11 Å². The summed E-state index contributed by atoms with van der Waals surface area (Å²) in [7, 11) is 0. The summed E-state index contributed by atoms with van der Waals surface area (Å²) in [6.07, 6.45) is 3.07. The normalized spacial score (nSPS) is 9.89. The van der Waals surface area contributed by atoms with Crippen LogP contribution in [0.1, 0.15) is 12.2 Å². The maximum Gasteiger partial charge on any atom is 0.103 e. The Morgan fingerprint density at radius 3 is 3.00 bits per heavy atom. The van der Waals surface area contributed by atoms with E-state index < -0.39 is 0 Å². The fourth-order valence-electron chi connectivity index (χ4n) is 0.701. The van der Waals surface area contributed by atoms with E-state index in [-0.39, 0.29) is 6.61 Å². The molecule has 0 aliphatic carbocycles. The third-order valence-corrected chi connectivity index (χ3v) is 1.15. The molecule has 0 amide bonds. The minimum absolute atomic E-state index is 0.0132. The zero-order valence-electron chi connectivity index (χ0n) is 5.17. The molecule has 1 radical (unpaired) electrons. The van der Waals surface area contributed by atoms with Gasteiger partial charge in [0.1, 0.15) is 5.76 Å². The molecule has 0 saturated heterocycles. The highest BCUT2D eigenvalue weighted by atomic mass is 16.3. The van der Waals surface area contributed by atoms with Gasteiger partial charge in [-0.15, -0.1) is 0 Å². The zero-order valence-corrected chi connectivity index (χ0v) is 5.17. The number of rotatable bonds is 3. The van der Waals surface area contributed by atoms with Gasteiger partial charge in [0.05, 0.1) is 12.9 Å². The molecule has 1 aromatic rings. The summed E-state index contributed by atoms with van der Waals surface area (Å²) in [5.41, 5.74) is 0. The first kappa shape index (κ1) is 6.36. The molecule has 1 aromatic heterocycles. The molecule has 0 aromatic carbocycles. The highest BCUT2D eigenvalue weighted by Gasteiger charge is 1.92. The Morgan fingerprint density at radius 2 is 2.44 bits per heavy atom. The Morgan fingerprint density at radius 1 is 1.56 bits per heavy atom. The van der Waals surface area contributed by atoms with E-state index >= 15 is 0 Å². The zero-order chi connectivity index (χ0) is 6.53. The predicted molar refractivity (Wildman–Crippen MR) is 32.6 cm³/mol. The topological polar surface area (TPSA) is 33.0 Å². The van der Waals surface area contributed by atoms with Gasteiger partial charge in [0.15, 0.2) is 0 Å². The SMILES string of the molecule is [O]CCCc1ccco1. The molecule has 0 aliphatic rings. The first-order valence-corrected chi connectivity index (χ1v) is 3.04. The van der Waals surface area contributed by atoms with E-state index in [1.807, 2.05) is 12.1 Å². The summed E-state index contributed by atoms with van der Waals surface area (Å²) in [6.45, 7) is -0.0132. The molecule has 1 heterocycles. The molecular weight excluding hydrogens is 116 g/mol. The number of aryl methyl sites for hydroxylation is 1. The Balaban J connectivity index is 2.30. The summed E-state index contributed by atoms with van der Waals surface area (Å²) < 4.78 is 5.00. The van der Waals surface area contributed by atoms with Crippen LogP contribution in [0.5, 0.6) is 0 Å². The van der Waals surface area contributed by atoms with Crippen LogP contribution < -0.4 is 0 Å². The van der Waals surface area contributed by atoms with Gasteiger partial charge in [-0.2, -0.15) is 0 Å². The van der Waals surface area contributed by atoms with Crippen molar-refractivity contribution in [1.82, 2.24) is 0 Å². The minimum Gasteiger partial charge on any atom is -0.469 e. The molecule has 0 bridgehead atoms. The van der Waals surface area contributed by atoms with Gasteiger partial charge in [-0.3, -0.25) is 0 Å². The summed E-state index contributed by atoms with van der Waals surface area (Å²) in [4.78, 5) is 0. The van der Waals surface area contributed by atoms with E-state index in [2.05, 4.69) is 0 Å². The van der Waals surface area contributed by atoms with Crippen LogP contribution in [0.2, 0.25) is 0 Å². The second kappa shape index (κ2) is 3.30. The number of hydrogen-bond donors (Lipinski definition) is 0. The monoisotopic (exact) mass is 125 g/mol. The third-order valence-electron chi connectivity index (χ3n) is 1.15. The highest BCUT2D eigenvalue weighted by Crippen LogP contribution is 2.02. The Kier molecular flexibility index (Phi) is 2.33. The van der Waals surface area contributed by atoms with E-state index in [1.165, 1.54) is 0 Å². The van der Waals surface area contributed by atoms with E-state index in [0.29, 0.717) is 6.42 Å². The lowest BCUT2D eigenvalue weighted by Crippen LogP contribution is -1.84. The van der Waals surface area contributed by atoms with Crippen LogP contribution >= 0.6 is 0 Å². The summed E-state index contributed by atoms with van der Waals surface area (Å²) in [5, 5.41) is 9.98. The molecule has 1 rings (SSSR count). The summed E-state index contributed by atoms with van der Waals surface area (Å²) >= 11 is 0. The average molecular weight is 125 g/mol. The molecule has 0 fully saturated rings. The van der Waals surface area contributed by atoms with Gasteiger partial charge in [-0.05, 0) is 18.6 Å². The van der Waals surface area contributed by atoms with Crippen LogP contribution in [0.4, 0.5) is 0 Å². The molecule has 49 valence electrons. The standard InChI is InChI=1S/C7H9O2/c8-5-1-3-7-4-2-6-9-7/h2,4,6H,1,3,5H2. The lowest BCUT2D eigenvalue weighted by Gasteiger charge is -1.88. The molecular formula is C7H9O2. The second-order valence-electron chi connectivity index (χ2n) is 1.89. The molecule has 0 unspecified atom stereocenters. The molecule has 2 heteroatoms. The fourth-order valence-corrected chi connectivity index (χ4v) is 0.701. The van der Waals surface area contributed by atoms with Crippen molar-refractivity contribution in [2.45, 2.75) is 12.8 Å². The lowest BCUT2D eigenvalue weighted by molar-refractivity contribution is 0.187. The van der Waals surface area contributed by atoms with E-state index in [4.69, 9.17) is 4.42 Å². The van der Waals surface area contributed by atoms with Crippen LogP contribution in [-0.4, -0.2) is 6.61 Å².